The third-order valence-electron chi connectivity index (χ3n) is 3.73. The molecule has 2 aromatic carbocycles. The Kier molecular flexibility index (Phi) is 6.37. The zero-order chi connectivity index (χ0) is 17.4. The van der Waals surface area contributed by atoms with Crippen molar-refractivity contribution in [2.45, 2.75) is 19.4 Å². The molecule has 0 aliphatic heterocycles. The maximum Gasteiger partial charge on any atom is 0.309 e. The van der Waals surface area contributed by atoms with Gasteiger partial charge in [0.2, 0.25) is 0 Å². The lowest BCUT2D eigenvalue weighted by Gasteiger charge is -2.13. The number of benzene rings is 2. The first-order valence-corrected chi connectivity index (χ1v) is 7.84. The Morgan fingerprint density at radius 3 is 2.42 bits per heavy atom. The average Bonchev–Trinajstić information content (AvgIpc) is 2.64. The molecule has 5 nitrogen and oxygen atoms in total. The lowest BCUT2D eigenvalue weighted by Crippen LogP contribution is -2.40. The van der Waals surface area contributed by atoms with Crippen LogP contribution in [0.15, 0.2) is 54.6 Å². The molecule has 0 radical (unpaired) electrons. The van der Waals surface area contributed by atoms with Crippen LogP contribution in [0.1, 0.15) is 24.0 Å². The molecule has 0 aliphatic rings. The second-order valence-electron chi connectivity index (χ2n) is 5.56. The van der Waals surface area contributed by atoms with Crippen LogP contribution in [0.4, 0.5) is 0 Å². The second-order valence-corrected chi connectivity index (χ2v) is 5.56. The lowest BCUT2D eigenvalue weighted by molar-refractivity contribution is -0.139. The van der Waals surface area contributed by atoms with Crippen LogP contribution in [0.25, 0.3) is 0 Å². The van der Waals surface area contributed by atoms with Crippen LogP contribution in [-0.2, 0) is 16.1 Å². The molecule has 2 amide bonds. The summed E-state index contributed by atoms with van der Waals surface area (Å²) in [6.45, 7) is 2.69. The highest BCUT2D eigenvalue weighted by atomic mass is 16.5. The summed E-state index contributed by atoms with van der Waals surface area (Å²) in [5.41, 5.74) is 1.99. The fraction of sp³-hybridized carbons (Fsp3) is 0.263. The van der Waals surface area contributed by atoms with Crippen LogP contribution >= 0.6 is 0 Å². The molecule has 24 heavy (non-hydrogen) atoms. The van der Waals surface area contributed by atoms with Crippen LogP contribution in [-0.4, -0.2) is 25.5 Å². The molecule has 5 heteroatoms. The fourth-order valence-electron chi connectivity index (χ4n) is 2.27. The molecule has 0 saturated heterocycles. The number of hydrogen-bond donors (Lipinski definition) is 2. The van der Waals surface area contributed by atoms with E-state index in [0.29, 0.717) is 12.3 Å². The van der Waals surface area contributed by atoms with Gasteiger partial charge in [0, 0.05) is 13.1 Å². The van der Waals surface area contributed by atoms with Crippen LogP contribution in [0.3, 0.4) is 0 Å². The van der Waals surface area contributed by atoms with Crippen molar-refractivity contribution >= 4 is 11.8 Å². The zero-order valence-electron chi connectivity index (χ0n) is 13.9. The molecule has 1 atom stereocenters. The summed E-state index contributed by atoms with van der Waals surface area (Å²) < 4.78 is 5.12. The summed E-state index contributed by atoms with van der Waals surface area (Å²) in [6.07, 6.45) is 0. The van der Waals surface area contributed by atoms with E-state index >= 15 is 0 Å². The Balaban J connectivity index is 1.78. The molecule has 0 fully saturated rings. The van der Waals surface area contributed by atoms with Gasteiger partial charge in [-0.15, -0.1) is 0 Å². The first-order chi connectivity index (χ1) is 11.6. The van der Waals surface area contributed by atoms with Crippen LogP contribution < -0.4 is 15.4 Å². The summed E-state index contributed by atoms with van der Waals surface area (Å²) in [4.78, 5) is 23.7. The van der Waals surface area contributed by atoms with Crippen molar-refractivity contribution in [1.29, 1.82) is 0 Å². The Morgan fingerprint density at radius 2 is 1.71 bits per heavy atom. The maximum atomic E-state index is 11.9. The third-order valence-corrected chi connectivity index (χ3v) is 3.73. The number of carbonyl (C=O) groups is 2. The Labute approximate surface area is 142 Å². The van der Waals surface area contributed by atoms with Crippen molar-refractivity contribution in [2.75, 3.05) is 13.7 Å². The van der Waals surface area contributed by atoms with Gasteiger partial charge in [-0.2, -0.15) is 0 Å². The minimum atomic E-state index is -0.641. The molecule has 2 rings (SSSR count). The molecule has 0 aliphatic carbocycles. The summed E-state index contributed by atoms with van der Waals surface area (Å²) in [6, 6.07) is 17.2. The van der Waals surface area contributed by atoms with E-state index in [1.54, 1.807) is 7.11 Å². The summed E-state index contributed by atoms with van der Waals surface area (Å²) in [7, 11) is 1.58. The molecule has 0 spiro atoms. The van der Waals surface area contributed by atoms with Crippen LogP contribution in [0, 0.1) is 0 Å². The predicted octanol–water partition coefficient (Wildman–Crippen LogP) is 2.23. The lowest BCUT2D eigenvalue weighted by atomic mass is 10.0. The average molecular weight is 326 g/mol. The number of rotatable bonds is 6. The van der Waals surface area contributed by atoms with Gasteiger partial charge in [0.05, 0.1) is 7.11 Å². The third kappa shape index (κ3) is 5.12. The number of ether oxygens (including phenoxy) is 1. The van der Waals surface area contributed by atoms with Gasteiger partial charge < -0.3 is 15.4 Å². The van der Waals surface area contributed by atoms with Crippen molar-refractivity contribution in [2.24, 2.45) is 0 Å². The maximum absolute atomic E-state index is 11.9. The van der Waals surface area contributed by atoms with Gasteiger partial charge >= 0.3 is 11.8 Å². The number of nitrogens with one attached hydrogen (secondary N) is 2. The van der Waals surface area contributed by atoms with Gasteiger partial charge in [-0.1, -0.05) is 49.4 Å². The Morgan fingerprint density at radius 1 is 1.00 bits per heavy atom. The molecule has 0 unspecified atom stereocenters. The van der Waals surface area contributed by atoms with Crippen molar-refractivity contribution in [3.8, 4) is 5.75 Å². The largest absolute Gasteiger partial charge is 0.497 e. The molecule has 0 aromatic heterocycles. The van der Waals surface area contributed by atoms with Crippen molar-refractivity contribution in [1.82, 2.24) is 10.6 Å². The van der Waals surface area contributed by atoms with Gasteiger partial charge in [0.25, 0.3) is 0 Å². The van der Waals surface area contributed by atoms with Crippen molar-refractivity contribution < 1.29 is 14.3 Å². The van der Waals surface area contributed by atoms with Gasteiger partial charge in [-0.3, -0.25) is 9.59 Å². The highest BCUT2D eigenvalue weighted by Gasteiger charge is 2.14. The normalized spacial score (nSPS) is 11.4. The summed E-state index contributed by atoms with van der Waals surface area (Å²) >= 11 is 0. The van der Waals surface area contributed by atoms with Crippen molar-refractivity contribution in [3.05, 3.63) is 65.7 Å². The molecular weight excluding hydrogens is 304 g/mol. The van der Waals surface area contributed by atoms with E-state index in [2.05, 4.69) is 10.6 Å². The van der Waals surface area contributed by atoms with E-state index in [0.717, 1.165) is 11.1 Å². The van der Waals surface area contributed by atoms with Gasteiger partial charge in [-0.05, 0) is 29.2 Å². The number of carbonyl (C=O) groups excluding carboxylic acids is 2. The van der Waals surface area contributed by atoms with Crippen molar-refractivity contribution in [3.63, 3.8) is 0 Å². The smallest absolute Gasteiger partial charge is 0.309 e. The molecule has 0 saturated carbocycles. The first-order valence-electron chi connectivity index (χ1n) is 7.84. The van der Waals surface area contributed by atoms with Crippen LogP contribution in [0.5, 0.6) is 5.75 Å². The molecule has 0 heterocycles. The summed E-state index contributed by atoms with van der Waals surface area (Å²) in [5.74, 6) is -0.414. The zero-order valence-corrected chi connectivity index (χ0v) is 13.9. The van der Waals surface area contributed by atoms with E-state index in [-0.39, 0.29) is 12.5 Å². The minimum absolute atomic E-state index is 0.140. The highest BCUT2D eigenvalue weighted by molar-refractivity contribution is 6.35. The molecule has 2 aromatic rings. The number of hydrogen-bond acceptors (Lipinski definition) is 3. The monoisotopic (exact) mass is 326 g/mol. The van der Waals surface area contributed by atoms with E-state index < -0.39 is 11.8 Å². The number of amides is 2. The summed E-state index contributed by atoms with van der Waals surface area (Å²) in [5, 5.41) is 5.27. The van der Waals surface area contributed by atoms with E-state index in [9.17, 15) is 9.59 Å². The molecule has 126 valence electrons. The Hall–Kier alpha value is -2.82. The predicted molar refractivity (Wildman–Crippen MR) is 92.7 cm³/mol. The second kappa shape index (κ2) is 8.72. The highest BCUT2D eigenvalue weighted by Crippen LogP contribution is 2.13. The SMILES string of the molecule is COc1cccc(CNC(=O)C(=O)NC[C@H](C)c2ccccc2)c1. The minimum Gasteiger partial charge on any atom is -0.497 e. The van der Waals surface area contributed by atoms with E-state index in [1.807, 2.05) is 61.5 Å². The molecular formula is C19H22N2O3. The van der Waals surface area contributed by atoms with Gasteiger partial charge in [-0.25, -0.2) is 0 Å². The van der Waals surface area contributed by atoms with Gasteiger partial charge in [0.1, 0.15) is 5.75 Å². The van der Waals surface area contributed by atoms with Crippen LogP contribution in [0.2, 0.25) is 0 Å². The fourth-order valence-corrected chi connectivity index (χ4v) is 2.27. The van der Waals surface area contributed by atoms with E-state index in [4.69, 9.17) is 4.74 Å². The topological polar surface area (TPSA) is 67.4 Å². The molecule has 2 N–H and O–H groups in total. The molecule has 0 bridgehead atoms. The standard InChI is InChI=1S/C19H22N2O3/c1-14(16-8-4-3-5-9-16)12-20-18(22)19(23)21-13-15-7-6-10-17(11-15)24-2/h3-11,14H,12-13H2,1-2H3,(H,20,22)(H,21,23)/t14-/m0/s1. The first kappa shape index (κ1) is 17.5. The van der Waals surface area contributed by atoms with Gasteiger partial charge in [0.15, 0.2) is 0 Å². The number of methoxy groups -OCH3 is 1. The van der Waals surface area contributed by atoms with E-state index in [1.165, 1.54) is 0 Å². The Bertz CT molecular complexity index is 686. The quantitative estimate of drug-likeness (QED) is 0.800.